The molecule has 0 fully saturated rings. The van der Waals surface area contributed by atoms with Crippen molar-refractivity contribution in [2.24, 2.45) is 0 Å². The predicted molar refractivity (Wildman–Crippen MR) is 91.7 cm³/mol. The van der Waals surface area contributed by atoms with Crippen molar-refractivity contribution in [2.45, 2.75) is 45.8 Å². The zero-order chi connectivity index (χ0) is 15.5. The first-order valence-corrected chi connectivity index (χ1v) is 8.61. The summed E-state index contributed by atoms with van der Waals surface area (Å²) in [6.07, 6.45) is 2.35. The van der Waals surface area contributed by atoms with E-state index in [1.807, 2.05) is 0 Å². The fourth-order valence-electron chi connectivity index (χ4n) is 1.89. The molecule has 0 saturated heterocycles. The lowest BCUT2D eigenvalue weighted by molar-refractivity contribution is 0.00293. The predicted octanol–water partition coefficient (Wildman–Crippen LogP) is 4.32. The molecule has 0 heterocycles. The number of hydrogen-bond donors (Lipinski definition) is 1. The molecule has 1 aromatic carbocycles. The summed E-state index contributed by atoms with van der Waals surface area (Å²) in [6.45, 7) is 9.39. The lowest BCUT2D eigenvalue weighted by Gasteiger charge is -2.20. The molecule has 0 aliphatic rings. The van der Waals surface area contributed by atoms with Crippen molar-refractivity contribution in [3.8, 4) is 0 Å². The van der Waals surface area contributed by atoms with E-state index in [1.54, 1.807) is 0 Å². The topological polar surface area (TPSA) is 30.5 Å². The van der Waals surface area contributed by atoms with Gasteiger partial charge in [-0.15, -0.1) is 0 Å². The van der Waals surface area contributed by atoms with Gasteiger partial charge in [-0.05, 0) is 24.1 Å². The highest BCUT2D eigenvalue weighted by Gasteiger charge is 2.12. The molecular formula is C17H28BrNO2. The molecule has 120 valence electrons. The van der Waals surface area contributed by atoms with E-state index in [4.69, 9.17) is 9.47 Å². The SMILES string of the molecule is CCCCOCCOC(CNC(C)C)c1ccc(Br)cc1. The van der Waals surface area contributed by atoms with E-state index in [0.717, 1.165) is 24.0 Å². The second kappa shape index (κ2) is 11.2. The largest absolute Gasteiger partial charge is 0.379 e. The molecule has 0 spiro atoms. The Labute approximate surface area is 137 Å². The van der Waals surface area contributed by atoms with Crippen LogP contribution in [-0.2, 0) is 9.47 Å². The van der Waals surface area contributed by atoms with Crippen molar-refractivity contribution in [1.29, 1.82) is 0 Å². The van der Waals surface area contributed by atoms with Crippen LogP contribution in [0.1, 0.15) is 45.3 Å². The minimum absolute atomic E-state index is 0.0651. The van der Waals surface area contributed by atoms with E-state index in [-0.39, 0.29) is 6.10 Å². The zero-order valence-corrected chi connectivity index (χ0v) is 15.0. The van der Waals surface area contributed by atoms with Crippen molar-refractivity contribution < 1.29 is 9.47 Å². The Hall–Kier alpha value is -0.420. The van der Waals surface area contributed by atoms with Gasteiger partial charge in [-0.25, -0.2) is 0 Å². The highest BCUT2D eigenvalue weighted by Crippen LogP contribution is 2.19. The summed E-state index contributed by atoms with van der Waals surface area (Å²) in [4.78, 5) is 0. The summed E-state index contributed by atoms with van der Waals surface area (Å²) in [7, 11) is 0. The van der Waals surface area contributed by atoms with Crippen LogP contribution in [0.3, 0.4) is 0 Å². The molecule has 1 rings (SSSR count). The molecule has 21 heavy (non-hydrogen) atoms. The smallest absolute Gasteiger partial charge is 0.0950 e. The Balaban J connectivity index is 2.42. The van der Waals surface area contributed by atoms with Crippen LogP contribution in [0.4, 0.5) is 0 Å². The molecule has 1 unspecified atom stereocenters. The van der Waals surface area contributed by atoms with E-state index in [9.17, 15) is 0 Å². The standard InChI is InChI=1S/C17H28BrNO2/c1-4-5-10-20-11-12-21-17(13-19-14(2)3)15-6-8-16(18)9-7-15/h6-9,14,17,19H,4-5,10-13H2,1-3H3. The molecule has 0 saturated carbocycles. The van der Waals surface area contributed by atoms with Crippen LogP contribution in [0.2, 0.25) is 0 Å². The van der Waals surface area contributed by atoms with Gasteiger partial charge in [0.1, 0.15) is 0 Å². The van der Waals surface area contributed by atoms with Crippen LogP contribution in [0.15, 0.2) is 28.7 Å². The summed E-state index contributed by atoms with van der Waals surface area (Å²) < 4.78 is 12.6. The molecule has 0 aromatic heterocycles. The first kappa shape index (κ1) is 18.6. The Morgan fingerprint density at radius 3 is 2.43 bits per heavy atom. The molecule has 1 atom stereocenters. The summed E-state index contributed by atoms with van der Waals surface area (Å²) >= 11 is 3.47. The maximum absolute atomic E-state index is 6.00. The average Bonchev–Trinajstić information content (AvgIpc) is 2.46. The van der Waals surface area contributed by atoms with Crippen molar-refractivity contribution in [3.05, 3.63) is 34.3 Å². The Bertz CT molecular complexity index is 368. The van der Waals surface area contributed by atoms with Gasteiger partial charge in [-0.3, -0.25) is 0 Å². The van der Waals surface area contributed by atoms with E-state index in [0.29, 0.717) is 19.3 Å². The van der Waals surface area contributed by atoms with Gasteiger partial charge in [0.15, 0.2) is 0 Å². The number of rotatable bonds is 11. The van der Waals surface area contributed by atoms with E-state index < -0.39 is 0 Å². The molecule has 0 amide bonds. The number of nitrogens with one attached hydrogen (secondary N) is 1. The summed E-state index contributed by atoms with van der Waals surface area (Å²) in [5, 5.41) is 3.44. The van der Waals surface area contributed by atoms with Crippen LogP contribution in [0, 0.1) is 0 Å². The number of halogens is 1. The molecule has 4 heteroatoms. The summed E-state index contributed by atoms with van der Waals surface area (Å²) in [5.41, 5.74) is 1.19. The molecule has 1 N–H and O–H groups in total. The quantitative estimate of drug-likeness (QED) is 0.598. The highest BCUT2D eigenvalue weighted by molar-refractivity contribution is 9.10. The van der Waals surface area contributed by atoms with Crippen molar-refractivity contribution in [3.63, 3.8) is 0 Å². The van der Waals surface area contributed by atoms with Crippen LogP contribution in [-0.4, -0.2) is 32.4 Å². The molecular weight excluding hydrogens is 330 g/mol. The van der Waals surface area contributed by atoms with Crippen LogP contribution in [0.25, 0.3) is 0 Å². The van der Waals surface area contributed by atoms with Gasteiger partial charge in [0.2, 0.25) is 0 Å². The highest BCUT2D eigenvalue weighted by atomic mass is 79.9. The van der Waals surface area contributed by atoms with E-state index in [2.05, 4.69) is 66.3 Å². The van der Waals surface area contributed by atoms with Gasteiger partial charge in [0.25, 0.3) is 0 Å². The van der Waals surface area contributed by atoms with Gasteiger partial charge in [-0.1, -0.05) is 55.3 Å². The van der Waals surface area contributed by atoms with Gasteiger partial charge in [0, 0.05) is 23.7 Å². The first-order valence-electron chi connectivity index (χ1n) is 7.81. The van der Waals surface area contributed by atoms with Crippen molar-refractivity contribution in [2.75, 3.05) is 26.4 Å². The van der Waals surface area contributed by atoms with Crippen molar-refractivity contribution >= 4 is 15.9 Å². The fraction of sp³-hybridized carbons (Fsp3) is 0.647. The van der Waals surface area contributed by atoms with E-state index >= 15 is 0 Å². The van der Waals surface area contributed by atoms with Gasteiger partial charge >= 0.3 is 0 Å². The summed E-state index contributed by atoms with van der Waals surface area (Å²) in [5.74, 6) is 0. The number of ether oxygens (including phenoxy) is 2. The van der Waals surface area contributed by atoms with Gasteiger partial charge in [0.05, 0.1) is 19.3 Å². The Morgan fingerprint density at radius 1 is 1.10 bits per heavy atom. The number of unbranched alkanes of at least 4 members (excludes halogenated alkanes) is 1. The van der Waals surface area contributed by atoms with Gasteiger partial charge < -0.3 is 14.8 Å². The molecule has 0 aliphatic carbocycles. The second-order valence-corrected chi connectivity index (χ2v) is 6.36. The maximum Gasteiger partial charge on any atom is 0.0950 e. The maximum atomic E-state index is 6.00. The molecule has 0 radical (unpaired) electrons. The molecule has 0 bridgehead atoms. The monoisotopic (exact) mass is 357 g/mol. The minimum Gasteiger partial charge on any atom is -0.379 e. The normalized spacial score (nSPS) is 12.8. The zero-order valence-electron chi connectivity index (χ0n) is 13.4. The average molecular weight is 358 g/mol. The third-order valence-corrected chi connectivity index (χ3v) is 3.67. The van der Waals surface area contributed by atoms with Crippen LogP contribution in [0.5, 0.6) is 0 Å². The third-order valence-electron chi connectivity index (χ3n) is 3.14. The van der Waals surface area contributed by atoms with Crippen molar-refractivity contribution in [1.82, 2.24) is 5.32 Å². The third kappa shape index (κ3) is 8.57. The minimum atomic E-state index is 0.0651. The van der Waals surface area contributed by atoms with Gasteiger partial charge in [-0.2, -0.15) is 0 Å². The number of benzene rings is 1. The molecule has 0 aliphatic heterocycles. The molecule has 1 aromatic rings. The second-order valence-electron chi connectivity index (χ2n) is 5.44. The Morgan fingerprint density at radius 2 is 1.81 bits per heavy atom. The van der Waals surface area contributed by atoms with Crippen LogP contribution >= 0.6 is 15.9 Å². The summed E-state index contributed by atoms with van der Waals surface area (Å²) in [6, 6.07) is 8.77. The fourth-order valence-corrected chi connectivity index (χ4v) is 2.16. The molecule has 3 nitrogen and oxygen atoms in total. The van der Waals surface area contributed by atoms with Crippen LogP contribution < -0.4 is 5.32 Å². The first-order chi connectivity index (χ1) is 10.1. The number of hydrogen-bond acceptors (Lipinski definition) is 3. The van der Waals surface area contributed by atoms with E-state index in [1.165, 1.54) is 12.0 Å². The lowest BCUT2D eigenvalue weighted by Crippen LogP contribution is -2.29. The Kier molecular flexibility index (Phi) is 9.92. The lowest BCUT2D eigenvalue weighted by atomic mass is 10.1.